The summed E-state index contributed by atoms with van der Waals surface area (Å²) in [6, 6.07) is 16.3. The Morgan fingerprint density at radius 3 is 2.41 bits per heavy atom. The molecule has 1 saturated carbocycles. The van der Waals surface area contributed by atoms with Crippen molar-refractivity contribution in [2.75, 3.05) is 12.4 Å². The van der Waals surface area contributed by atoms with Crippen molar-refractivity contribution in [3.8, 4) is 11.5 Å². The maximum absolute atomic E-state index is 14.3. The lowest BCUT2D eigenvalue weighted by Gasteiger charge is -2.28. The van der Waals surface area contributed by atoms with Gasteiger partial charge in [-0.05, 0) is 79.1 Å². The number of carbonyl (C=O) groups excluding carboxylic acids is 2. The zero-order chi connectivity index (χ0) is 31.8. The molecule has 6 atom stereocenters. The lowest BCUT2D eigenvalue weighted by molar-refractivity contribution is -0.121. The van der Waals surface area contributed by atoms with E-state index in [-0.39, 0.29) is 33.9 Å². The van der Waals surface area contributed by atoms with Gasteiger partial charge in [0.05, 0.1) is 23.5 Å². The van der Waals surface area contributed by atoms with Crippen LogP contribution in [-0.2, 0) is 21.2 Å². The van der Waals surface area contributed by atoms with E-state index in [1.165, 1.54) is 31.4 Å². The number of hydrogen-bond acceptors (Lipinski definition) is 6. The summed E-state index contributed by atoms with van der Waals surface area (Å²) in [5.74, 6) is -0.616. The topological polar surface area (TPSA) is 111 Å². The van der Waals surface area contributed by atoms with Gasteiger partial charge in [0.15, 0.2) is 0 Å². The Labute approximate surface area is 261 Å². The van der Waals surface area contributed by atoms with Crippen molar-refractivity contribution in [3.63, 3.8) is 0 Å². The van der Waals surface area contributed by atoms with Gasteiger partial charge in [0.1, 0.15) is 18.1 Å². The van der Waals surface area contributed by atoms with E-state index in [2.05, 4.69) is 10.6 Å². The van der Waals surface area contributed by atoms with Crippen LogP contribution >= 0.6 is 18.5 Å². The van der Waals surface area contributed by atoms with Gasteiger partial charge in [0.2, 0.25) is 20.2 Å². The van der Waals surface area contributed by atoms with Crippen LogP contribution in [0.1, 0.15) is 33.5 Å². The molecule has 3 aromatic carbocycles. The summed E-state index contributed by atoms with van der Waals surface area (Å²) >= 11 is 0. The number of fused-ring (bicyclic) bond motifs is 2. The van der Waals surface area contributed by atoms with Crippen molar-refractivity contribution >= 4 is 45.8 Å². The van der Waals surface area contributed by atoms with E-state index in [1.54, 1.807) is 30.6 Å². The first-order valence-corrected chi connectivity index (χ1v) is 16.7. The average Bonchev–Trinajstić information content (AvgIpc) is 3.58. The van der Waals surface area contributed by atoms with Gasteiger partial charge in [-0.3, -0.25) is 9.59 Å². The van der Waals surface area contributed by atoms with Crippen molar-refractivity contribution in [1.29, 1.82) is 0 Å². The zero-order valence-corrected chi connectivity index (χ0v) is 27.7. The molecule has 3 aromatic rings. The summed E-state index contributed by atoms with van der Waals surface area (Å²) < 4.78 is 48.5. The molecule has 0 saturated heterocycles. The number of nitrogens with one attached hydrogen (secondary N) is 2. The highest BCUT2D eigenvalue weighted by Gasteiger charge is 2.49. The van der Waals surface area contributed by atoms with Crippen LogP contribution in [0, 0.1) is 31.6 Å². The van der Waals surface area contributed by atoms with Crippen LogP contribution in [-0.4, -0.2) is 37.9 Å². The summed E-state index contributed by atoms with van der Waals surface area (Å²) in [5.41, 5.74) is 3.44. The summed E-state index contributed by atoms with van der Waals surface area (Å²) in [6.07, 6.45) is 4.68. The number of amides is 2. The molecule has 2 N–H and O–H groups in total. The first-order chi connectivity index (χ1) is 20.8. The lowest BCUT2D eigenvalue weighted by Crippen LogP contribution is -2.47. The molecule has 2 unspecified atom stereocenters. The second-order valence-corrected chi connectivity index (χ2v) is 16.5. The van der Waals surface area contributed by atoms with Gasteiger partial charge in [-0.25, -0.2) is 12.8 Å². The number of halogens is 1. The van der Waals surface area contributed by atoms with Crippen LogP contribution in [0.15, 0.2) is 77.7 Å². The SMILES string of the molecule is COc1cc(C)c(OCc2ccccc2C)cc1C(=O)N[C@H]1[C@@H](C(=O)Nc2cccc(S(=O)(=O)C(F)(P)P)c2)[C@@H]2C=C[C@H]1C2. The second kappa shape index (κ2) is 12.6. The van der Waals surface area contributed by atoms with Crippen LogP contribution in [0.25, 0.3) is 0 Å². The number of sulfone groups is 1. The van der Waals surface area contributed by atoms with Crippen molar-refractivity contribution in [2.45, 2.75) is 42.3 Å². The fourth-order valence-electron chi connectivity index (χ4n) is 5.84. The zero-order valence-electron chi connectivity index (χ0n) is 24.5. The van der Waals surface area contributed by atoms with E-state index in [0.29, 0.717) is 24.5 Å². The van der Waals surface area contributed by atoms with Crippen molar-refractivity contribution in [2.24, 2.45) is 17.8 Å². The van der Waals surface area contributed by atoms with Gasteiger partial charge in [-0.15, -0.1) is 0 Å². The minimum atomic E-state index is -4.34. The largest absolute Gasteiger partial charge is 0.496 e. The number of methoxy groups -OCH3 is 1. The Morgan fingerprint density at radius 2 is 1.70 bits per heavy atom. The molecule has 2 bridgehead atoms. The van der Waals surface area contributed by atoms with E-state index in [1.807, 2.05) is 50.3 Å². The first-order valence-electron chi connectivity index (χ1n) is 14.1. The molecule has 5 rings (SSSR count). The fraction of sp³-hybridized carbons (Fsp3) is 0.312. The van der Waals surface area contributed by atoms with Gasteiger partial charge in [-0.1, -0.05) is 61.0 Å². The number of aryl methyl sites for hydroxylation is 2. The van der Waals surface area contributed by atoms with Gasteiger partial charge in [0, 0.05) is 11.7 Å². The summed E-state index contributed by atoms with van der Waals surface area (Å²) in [4.78, 5) is 27.0. The highest BCUT2D eigenvalue weighted by molar-refractivity contribution is 8.01. The minimum Gasteiger partial charge on any atom is -0.496 e. The standard InChI is InChI=1S/C32H35FN2O6P2S/c1-18-7-4-5-8-22(18)17-41-26-16-25(27(40-3)13-19(26)2)30(36)35-29-21-12-11-20(14-21)28(29)31(37)34-23-9-6-10-24(15-23)44(38,39)32(33,42)43/h4-13,15-16,20-21,28-29H,14,17,42-43H2,1-3H3,(H,34,37)(H,35,36)/t20-,21+,28+,29-/m1/s1. The van der Waals surface area contributed by atoms with Crippen LogP contribution in [0.4, 0.5) is 10.1 Å². The van der Waals surface area contributed by atoms with E-state index in [0.717, 1.165) is 16.7 Å². The summed E-state index contributed by atoms with van der Waals surface area (Å²) in [6.45, 7) is 4.23. The third-order valence-electron chi connectivity index (χ3n) is 8.27. The van der Waals surface area contributed by atoms with E-state index >= 15 is 0 Å². The molecule has 232 valence electrons. The molecule has 12 heteroatoms. The number of benzene rings is 3. The van der Waals surface area contributed by atoms with E-state index in [9.17, 15) is 22.4 Å². The molecular formula is C32H35FN2O6P2S. The molecule has 1 fully saturated rings. The molecule has 2 aliphatic rings. The van der Waals surface area contributed by atoms with Gasteiger partial charge in [-0.2, -0.15) is 0 Å². The van der Waals surface area contributed by atoms with Crippen LogP contribution in [0.3, 0.4) is 0 Å². The number of hydrogen-bond donors (Lipinski definition) is 2. The van der Waals surface area contributed by atoms with E-state index in [4.69, 9.17) is 9.47 Å². The van der Waals surface area contributed by atoms with Crippen molar-refractivity contribution in [1.82, 2.24) is 5.32 Å². The number of alkyl halides is 1. The number of rotatable bonds is 10. The Kier molecular flexibility index (Phi) is 9.18. The number of ether oxygens (including phenoxy) is 2. The van der Waals surface area contributed by atoms with Crippen molar-refractivity contribution < 1.29 is 31.9 Å². The second-order valence-electron chi connectivity index (χ2n) is 11.2. The average molecular weight is 657 g/mol. The van der Waals surface area contributed by atoms with Crippen LogP contribution < -0.4 is 20.1 Å². The van der Waals surface area contributed by atoms with Gasteiger partial charge in [0.25, 0.3) is 5.91 Å². The molecular weight excluding hydrogens is 621 g/mol. The molecule has 0 aromatic heterocycles. The minimum absolute atomic E-state index is 0.0546. The Balaban J connectivity index is 1.35. The highest BCUT2D eigenvalue weighted by atomic mass is 32.2. The molecule has 2 amide bonds. The summed E-state index contributed by atoms with van der Waals surface area (Å²) in [5, 5.41) is 5.85. The molecule has 0 radical (unpaired) electrons. The maximum atomic E-state index is 14.3. The normalized spacial score (nSPS) is 20.8. The first kappa shape index (κ1) is 32.1. The lowest BCUT2D eigenvalue weighted by atomic mass is 9.87. The molecule has 8 nitrogen and oxygen atoms in total. The predicted molar refractivity (Wildman–Crippen MR) is 174 cm³/mol. The van der Waals surface area contributed by atoms with Crippen molar-refractivity contribution in [3.05, 3.63) is 95.1 Å². The summed E-state index contributed by atoms with van der Waals surface area (Å²) in [7, 11) is 0.452. The predicted octanol–water partition coefficient (Wildman–Crippen LogP) is 5.55. The van der Waals surface area contributed by atoms with Gasteiger partial charge >= 0.3 is 0 Å². The Morgan fingerprint density at radius 1 is 0.977 bits per heavy atom. The number of anilines is 1. The molecule has 2 aliphatic carbocycles. The maximum Gasteiger partial charge on any atom is 0.255 e. The molecule has 0 spiro atoms. The molecule has 0 aliphatic heterocycles. The van der Waals surface area contributed by atoms with Gasteiger partial charge < -0.3 is 20.1 Å². The van der Waals surface area contributed by atoms with Crippen LogP contribution in [0.2, 0.25) is 0 Å². The molecule has 0 heterocycles. The van der Waals surface area contributed by atoms with E-state index < -0.39 is 32.2 Å². The fourth-order valence-corrected chi connectivity index (χ4v) is 7.56. The Hall–Kier alpha value is -3.32. The smallest absolute Gasteiger partial charge is 0.255 e. The molecule has 44 heavy (non-hydrogen) atoms. The van der Waals surface area contributed by atoms with Crippen LogP contribution in [0.5, 0.6) is 11.5 Å². The number of allylic oxidation sites excluding steroid dienone is 1. The monoisotopic (exact) mass is 656 g/mol. The third-order valence-corrected chi connectivity index (χ3v) is 11.8. The highest BCUT2D eigenvalue weighted by Crippen LogP contribution is 2.45. The Bertz CT molecular complexity index is 1740. The number of carbonyl (C=O) groups is 2. The third kappa shape index (κ3) is 6.39. The quantitative estimate of drug-likeness (QED) is 0.219.